The van der Waals surface area contributed by atoms with Crippen LogP contribution >= 0.6 is 0 Å². The van der Waals surface area contributed by atoms with Gasteiger partial charge in [0.1, 0.15) is 5.56 Å². The lowest BCUT2D eigenvalue weighted by molar-refractivity contribution is -0.0360. The maximum atomic E-state index is 12.3. The number of aromatic nitrogens is 1. The number of pyridine rings is 1. The Labute approximate surface area is 119 Å². The summed E-state index contributed by atoms with van der Waals surface area (Å²) >= 11 is 0. The van der Waals surface area contributed by atoms with Crippen LogP contribution in [0.25, 0.3) is 0 Å². The average Bonchev–Trinajstić information content (AvgIpc) is 2.41. The number of amides is 1. The average molecular weight is 297 g/mol. The molecule has 2 N–H and O–H groups in total. The molecule has 114 valence electrons. The number of aromatic carboxylic acids is 1. The van der Waals surface area contributed by atoms with Crippen molar-refractivity contribution >= 4 is 11.9 Å². The minimum atomic E-state index is -1.46. The standard InChI is InChI=1S/C12H15N3O6/c1-13-6-14-5-7(12(19)20)9(16)10(17)8(14)11(18)15(13)3-4-21-2/h5,17H,3-4,6H2,1-2H3,(H,19,20). The number of carboxylic acid groups (broad SMARTS) is 1. The van der Waals surface area contributed by atoms with E-state index in [9.17, 15) is 19.5 Å². The van der Waals surface area contributed by atoms with Gasteiger partial charge in [-0.25, -0.2) is 9.80 Å². The zero-order chi connectivity index (χ0) is 15.7. The van der Waals surface area contributed by atoms with E-state index in [-0.39, 0.29) is 25.5 Å². The molecule has 9 heteroatoms. The summed E-state index contributed by atoms with van der Waals surface area (Å²) in [6.45, 7) is 0.660. The van der Waals surface area contributed by atoms with E-state index in [1.807, 2.05) is 0 Å². The van der Waals surface area contributed by atoms with Gasteiger partial charge in [-0.1, -0.05) is 0 Å². The van der Waals surface area contributed by atoms with Crippen molar-refractivity contribution in [2.45, 2.75) is 6.67 Å². The number of ether oxygens (including phenoxy) is 1. The molecular weight excluding hydrogens is 282 g/mol. The van der Waals surface area contributed by atoms with Crippen molar-refractivity contribution in [3.05, 3.63) is 27.7 Å². The third-order valence-electron chi connectivity index (χ3n) is 3.20. The number of rotatable bonds is 4. The second kappa shape index (κ2) is 5.54. The Morgan fingerprint density at radius 1 is 1.43 bits per heavy atom. The Kier molecular flexibility index (Phi) is 3.96. The van der Waals surface area contributed by atoms with Crippen LogP contribution in [-0.2, 0) is 11.4 Å². The van der Waals surface area contributed by atoms with Gasteiger partial charge in [-0.15, -0.1) is 0 Å². The molecule has 0 fully saturated rings. The van der Waals surface area contributed by atoms with Gasteiger partial charge in [0.25, 0.3) is 5.91 Å². The van der Waals surface area contributed by atoms with Gasteiger partial charge in [0.05, 0.1) is 19.8 Å². The lowest BCUT2D eigenvalue weighted by Gasteiger charge is -2.37. The first-order valence-corrected chi connectivity index (χ1v) is 6.10. The fourth-order valence-corrected chi connectivity index (χ4v) is 2.16. The predicted molar refractivity (Wildman–Crippen MR) is 70.0 cm³/mol. The zero-order valence-corrected chi connectivity index (χ0v) is 11.6. The van der Waals surface area contributed by atoms with Crippen LogP contribution in [0.1, 0.15) is 20.8 Å². The largest absolute Gasteiger partial charge is 0.503 e. The summed E-state index contributed by atoms with van der Waals surface area (Å²) in [7, 11) is 3.12. The van der Waals surface area contributed by atoms with Gasteiger partial charge in [0.2, 0.25) is 5.43 Å². The van der Waals surface area contributed by atoms with Gasteiger partial charge in [0, 0.05) is 20.4 Å². The summed E-state index contributed by atoms with van der Waals surface area (Å²) in [5.74, 6) is -2.90. The highest BCUT2D eigenvalue weighted by Crippen LogP contribution is 2.21. The lowest BCUT2D eigenvalue weighted by atomic mass is 10.2. The van der Waals surface area contributed by atoms with Crippen LogP contribution in [0.4, 0.5) is 0 Å². The number of aromatic hydroxyl groups is 1. The molecule has 0 aliphatic carbocycles. The number of carbonyl (C=O) groups is 2. The first-order chi connectivity index (χ1) is 9.88. The third kappa shape index (κ3) is 2.48. The minimum Gasteiger partial charge on any atom is -0.503 e. The number of carbonyl (C=O) groups excluding carboxylic acids is 1. The van der Waals surface area contributed by atoms with E-state index in [1.165, 1.54) is 16.7 Å². The molecule has 1 aliphatic rings. The number of hydrogen-bond acceptors (Lipinski definition) is 6. The number of hydrogen-bond donors (Lipinski definition) is 2. The van der Waals surface area contributed by atoms with Gasteiger partial charge in [-0.3, -0.25) is 14.6 Å². The molecule has 0 aromatic carbocycles. The van der Waals surface area contributed by atoms with Gasteiger partial charge in [-0.2, -0.15) is 0 Å². The quantitative estimate of drug-likeness (QED) is 0.745. The zero-order valence-electron chi connectivity index (χ0n) is 11.6. The number of fused-ring (bicyclic) bond motifs is 1. The second-order valence-electron chi connectivity index (χ2n) is 4.56. The fraction of sp³-hybridized carbons (Fsp3) is 0.417. The van der Waals surface area contributed by atoms with Crippen LogP contribution in [-0.4, -0.2) is 64.0 Å². The summed E-state index contributed by atoms with van der Waals surface area (Å²) < 4.78 is 6.15. The van der Waals surface area contributed by atoms with Crippen LogP contribution in [0.2, 0.25) is 0 Å². The molecule has 0 saturated carbocycles. The van der Waals surface area contributed by atoms with Crippen molar-refractivity contribution in [1.29, 1.82) is 0 Å². The third-order valence-corrected chi connectivity index (χ3v) is 3.20. The van der Waals surface area contributed by atoms with Crippen LogP contribution in [0.15, 0.2) is 11.0 Å². The lowest BCUT2D eigenvalue weighted by Crippen LogP contribution is -2.52. The van der Waals surface area contributed by atoms with E-state index in [0.717, 1.165) is 6.20 Å². The molecule has 2 rings (SSSR count). The van der Waals surface area contributed by atoms with Gasteiger partial charge < -0.3 is 19.5 Å². The van der Waals surface area contributed by atoms with Crippen molar-refractivity contribution in [3.8, 4) is 5.75 Å². The van der Waals surface area contributed by atoms with Crippen molar-refractivity contribution in [3.63, 3.8) is 0 Å². The molecule has 0 unspecified atom stereocenters. The Morgan fingerprint density at radius 2 is 2.10 bits per heavy atom. The SMILES string of the molecule is COCCN1C(=O)c2c(O)c(=O)c(C(=O)O)cn2CN1C. The van der Waals surface area contributed by atoms with Crippen LogP contribution in [0.3, 0.4) is 0 Å². The summed E-state index contributed by atoms with van der Waals surface area (Å²) in [5, 5.41) is 21.7. The topological polar surface area (TPSA) is 112 Å². The van der Waals surface area contributed by atoms with Crippen LogP contribution in [0.5, 0.6) is 5.75 Å². The summed E-state index contributed by atoms with van der Waals surface area (Å²) in [4.78, 5) is 35.1. The normalized spacial score (nSPS) is 15.1. The molecule has 0 atom stereocenters. The molecule has 2 heterocycles. The maximum absolute atomic E-state index is 12.3. The number of hydrazine groups is 1. The molecule has 0 saturated heterocycles. The molecular formula is C12H15N3O6. The predicted octanol–water partition coefficient (Wildman–Crippen LogP) is -0.841. The summed E-state index contributed by atoms with van der Waals surface area (Å²) in [5.41, 5.74) is -1.87. The highest BCUT2D eigenvalue weighted by atomic mass is 16.5. The summed E-state index contributed by atoms with van der Waals surface area (Å²) in [6.07, 6.45) is 1.06. The molecule has 1 aromatic rings. The first kappa shape index (κ1) is 15.0. The van der Waals surface area contributed by atoms with E-state index >= 15 is 0 Å². The molecule has 0 spiro atoms. The molecule has 1 aliphatic heterocycles. The molecule has 21 heavy (non-hydrogen) atoms. The van der Waals surface area contributed by atoms with Crippen LogP contribution in [0, 0.1) is 0 Å². The molecule has 1 amide bonds. The van der Waals surface area contributed by atoms with Gasteiger partial charge in [0.15, 0.2) is 11.4 Å². The maximum Gasteiger partial charge on any atom is 0.341 e. The Morgan fingerprint density at radius 3 is 2.67 bits per heavy atom. The van der Waals surface area contributed by atoms with Crippen molar-refractivity contribution in [2.24, 2.45) is 0 Å². The van der Waals surface area contributed by atoms with Gasteiger partial charge in [-0.05, 0) is 0 Å². The Balaban J connectivity index is 2.53. The highest BCUT2D eigenvalue weighted by molar-refractivity contribution is 5.97. The number of methoxy groups -OCH3 is 1. The van der Waals surface area contributed by atoms with Gasteiger partial charge >= 0.3 is 5.97 Å². The highest BCUT2D eigenvalue weighted by Gasteiger charge is 2.33. The number of nitrogens with zero attached hydrogens (tertiary/aromatic N) is 3. The van der Waals surface area contributed by atoms with E-state index in [4.69, 9.17) is 9.84 Å². The Hall–Kier alpha value is -2.39. The summed E-state index contributed by atoms with van der Waals surface area (Å²) in [6, 6.07) is 0. The molecule has 0 radical (unpaired) electrons. The van der Waals surface area contributed by atoms with E-state index in [2.05, 4.69) is 0 Å². The molecule has 1 aromatic heterocycles. The smallest absolute Gasteiger partial charge is 0.341 e. The molecule has 0 bridgehead atoms. The van der Waals surface area contributed by atoms with E-state index in [0.29, 0.717) is 0 Å². The second-order valence-corrected chi connectivity index (χ2v) is 4.56. The number of carboxylic acids is 1. The Bertz CT molecular complexity index is 653. The van der Waals surface area contributed by atoms with Crippen molar-refractivity contribution in [2.75, 3.05) is 27.3 Å². The monoisotopic (exact) mass is 297 g/mol. The minimum absolute atomic E-state index is 0.124. The van der Waals surface area contributed by atoms with Crippen molar-refractivity contribution in [1.82, 2.24) is 14.6 Å². The van der Waals surface area contributed by atoms with Crippen molar-refractivity contribution < 1.29 is 24.5 Å². The first-order valence-electron chi connectivity index (χ1n) is 6.10. The fourth-order valence-electron chi connectivity index (χ4n) is 2.16. The van der Waals surface area contributed by atoms with E-state index in [1.54, 1.807) is 12.1 Å². The van der Waals surface area contributed by atoms with Crippen LogP contribution < -0.4 is 5.43 Å². The van der Waals surface area contributed by atoms with E-state index < -0.39 is 28.6 Å². The molecule has 9 nitrogen and oxygen atoms in total.